The summed E-state index contributed by atoms with van der Waals surface area (Å²) in [7, 11) is 0.224. The number of likely N-dealkylation sites (N-methyl/N-ethyl adjacent to an activating group) is 1. The van der Waals surface area contributed by atoms with Crippen LogP contribution >= 0.6 is 0 Å². The van der Waals surface area contributed by atoms with Crippen LogP contribution in [0.25, 0.3) is 0 Å². The van der Waals surface area contributed by atoms with Gasteiger partial charge in [0.25, 0.3) is 0 Å². The largest absolute Gasteiger partial charge is 0.614 e. The standard InChI is InChI=1S/C13H13BFNO5/c1-16-6-12(18)20-14(21-13(19)7-16)11(8-17)9-2-4-10(15)5-3-9/h2-5,8,11H,6-7H2,1H3/t11-/m1/s1. The molecule has 21 heavy (non-hydrogen) atoms. The predicted molar refractivity (Wildman–Crippen MR) is 70.6 cm³/mol. The van der Waals surface area contributed by atoms with E-state index in [1.165, 1.54) is 29.2 Å². The van der Waals surface area contributed by atoms with Crippen molar-refractivity contribution in [2.75, 3.05) is 20.1 Å². The summed E-state index contributed by atoms with van der Waals surface area (Å²) in [6.45, 7) is -0.165. The van der Waals surface area contributed by atoms with Gasteiger partial charge >= 0.3 is 19.1 Å². The lowest BCUT2D eigenvalue weighted by Gasteiger charge is -2.25. The molecule has 1 aromatic carbocycles. The number of rotatable bonds is 3. The first-order valence-electron chi connectivity index (χ1n) is 6.28. The first-order valence-corrected chi connectivity index (χ1v) is 6.28. The van der Waals surface area contributed by atoms with E-state index in [9.17, 15) is 18.8 Å². The minimum Gasteiger partial charge on any atom is -0.498 e. The second-order valence-electron chi connectivity index (χ2n) is 4.73. The second kappa shape index (κ2) is 6.49. The highest BCUT2D eigenvalue weighted by Gasteiger charge is 2.40. The fourth-order valence-corrected chi connectivity index (χ4v) is 1.99. The second-order valence-corrected chi connectivity index (χ2v) is 4.73. The summed E-state index contributed by atoms with van der Waals surface area (Å²) in [6.07, 6.45) is 0.504. The summed E-state index contributed by atoms with van der Waals surface area (Å²) in [6, 6.07) is 5.10. The van der Waals surface area contributed by atoms with Crippen molar-refractivity contribution in [1.82, 2.24) is 4.90 Å². The molecule has 1 saturated heterocycles. The molecule has 1 aromatic rings. The maximum absolute atomic E-state index is 12.9. The normalized spacial score (nSPS) is 18.3. The van der Waals surface area contributed by atoms with Crippen molar-refractivity contribution in [3.63, 3.8) is 0 Å². The molecule has 6 nitrogen and oxygen atoms in total. The van der Waals surface area contributed by atoms with E-state index in [2.05, 4.69) is 0 Å². The maximum Gasteiger partial charge on any atom is 0.614 e. The van der Waals surface area contributed by atoms with E-state index in [1.807, 2.05) is 0 Å². The van der Waals surface area contributed by atoms with Crippen LogP contribution in [0.15, 0.2) is 24.3 Å². The Balaban J connectivity index is 2.22. The van der Waals surface area contributed by atoms with Crippen molar-refractivity contribution in [3.05, 3.63) is 35.6 Å². The molecule has 0 saturated carbocycles. The third-order valence-electron chi connectivity index (χ3n) is 2.99. The Labute approximate surface area is 121 Å². The Morgan fingerprint density at radius 1 is 1.19 bits per heavy atom. The quantitative estimate of drug-likeness (QED) is 0.584. The van der Waals surface area contributed by atoms with E-state index in [4.69, 9.17) is 9.31 Å². The number of benzene rings is 1. The van der Waals surface area contributed by atoms with Gasteiger partial charge in [-0.1, -0.05) is 12.1 Å². The third kappa shape index (κ3) is 3.88. The molecule has 1 heterocycles. The molecule has 1 aliphatic rings. The van der Waals surface area contributed by atoms with E-state index < -0.39 is 30.7 Å². The number of carbonyl (C=O) groups is 3. The Morgan fingerprint density at radius 2 is 1.71 bits per heavy atom. The Hall–Kier alpha value is -2.22. The van der Waals surface area contributed by atoms with Crippen LogP contribution in [0.5, 0.6) is 0 Å². The summed E-state index contributed by atoms with van der Waals surface area (Å²) in [5, 5.41) is 0. The van der Waals surface area contributed by atoms with Crippen LogP contribution in [0.2, 0.25) is 0 Å². The molecular weight excluding hydrogens is 280 g/mol. The SMILES string of the molecule is CN1CC(=O)OB([C@H](C=O)c2ccc(F)cc2)OC(=O)C1. The molecule has 0 radical (unpaired) electrons. The van der Waals surface area contributed by atoms with Crippen LogP contribution in [0.3, 0.4) is 0 Å². The number of carbonyl (C=O) groups excluding carboxylic acids is 3. The molecule has 0 aliphatic carbocycles. The Morgan fingerprint density at radius 3 is 2.19 bits per heavy atom. The van der Waals surface area contributed by atoms with E-state index in [0.29, 0.717) is 11.8 Å². The number of hydrogen-bond donors (Lipinski definition) is 0. The average Bonchev–Trinajstić information content (AvgIpc) is 2.39. The molecule has 1 aliphatic heterocycles. The average molecular weight is 293 g/mol. The monoisotopic (exact) mass is 293 g/mol. The van der Waals surface area contributed by atoms with Crippen molar-refractivity contribution < 1.29 is 28.1 Å². The molecule has 110 valence electrons. The molecule has 0 aromatic heterocycles. The van der Waals surface area contributed by atoms with Gasteiger partial charge in [0.05, 0.1) is 13.1 Å². The molecule has 1 fully saturated rings. The number of aldehydes is 1. The van der Waals surface area contributed by atoms with Gasteiger partial charge in [0.1, 0.15) is 17.9 Å². The zero-order chi connectivity index (χ0) is 15.4. The van der Waals surface area contributed by atoms with Gasteiger partial charge in [-0.25, -0.2) is 4.39 Å². The smallest absolute Gasteiger partial charge is 0.498 e. The van der Waals surface area contributed by atoms with Crippen molar-refractivity contribution in [3.8, 4) is 0 Å². The molecule has 0 spiro atoms. The summed E-state index contributed by atoms with van der Waals surface area (Å²) >= 11 is 0. The van der Waals surface area contributed by atoms with Crippen LogP contribution in [-0.2, 0) is 23.7 Å². The van der Waals surface area contributed by atoms with E-state index >= 15 is 0 Å². The lowest BCUT2D eigenvalue weighted by Crippen LogP contribution is -2.45. The van der Waals surface area contributed by atoms with Crippen molar-refractivity contribution in [1.29, 1.82) is 0 Å². The molecular formula is C13H13BFNO5. The van der Waals surface area contributed by atoms with Gasteiger partial charge in [-0.05, 0) is 24.7 Å². The predicted octanol–water partition coefficient (Wildman–Crippen LogP) is 0.167. The lowest BCUT2D eigenvalue weighted by atomic mass is 9.68. The van der Waals surface area contributed by atoms with E-state index in [0.717, 1.165) is 0 Å². The third-order valence-corrected chi connectivity index (χ3v) is 2.99. The highest BCUT2D eigenvalue weighted by Crippen LogP contribution is 2.20. The maximum atomic E-state index is 12.9. The fourth-order valence-electron chi connectivity index (χ4n) is 1.99. The number of halogens is 1. The molecule has 0 amide bonds. The minimum atomic E-state index is -1.35. The van der Waals surface area contributed by atoms with Gasteiger partial charge in [-0.2, -0.15) is 0 Å². The molecule has 1 atom stereocenters. The summed E-state index contributed by atoms with van der Waals surface area (Å²) < 4.78 is 23.0. The summed E-state index contributed by atoms with van der Waals surface area (Å²) in [5.41, 5.74) is 0.394. The number of hydrogen-bond acceptors (Lipinski definition) is 6. The van der Waals surface area contributed by atoms with Crippen LogP contribution in [-0.4, -0.2) is 50.4 Å². The van der Waals surface area contributed by atoms with Gasteiger partial charge in [0.15, 0.2) is 0 Å². The van der Waals surface area contributed by atoms with Gasteiger partial charge < -0.3 is 14.1 Å². The highest BCUT2D eigenvalue weighted by atomic mass is 19.1. The molecule has 0 bridgehead atoms. The Bertz CT molecular complexity index is 530. The molecule has 0 unspecified atom stereocenters. The topological polar surface area (TPSA) is 72.9 Å². The summed E-state index contributed by atoms with van der Waals surface area (Å²) in [5.74, 6) is -2.67. The van der Waals surface area contributed by atoms with E-state index in [-0.39, 0.29) is 13.1 Å². The van der Waals surface area contributed by atoms with Crippen LogP contribution in [0.4, 0.5) is 4.39 Å². The van der Waals surface area contributed by atoms with Crippen molar-refractivity contribution >= 4 is 25.3 Å². The zero-order valence-corrected chi connectivity index (χ0v) is 11.3. The molecule has 8 heteroatoms. The van der Waals surface area contributed by atoms with Crippen LogP contribution < -0.4 is 0 Å². The Kier molecular flexibility index (Phi) is 4.69. The minimum absolute atomic E-state index is 0.0827. The van der Waals surface area contributed by atoms with Gasteiger partial charge in [0, 0.05) is 0 Å². The zero-order valence-electron chi connectivity index (χ0n) is 11.3. The first-order chi connectivity index (χ1) is 9.99. The van der Waals surface area contributed by atoms with Crippen LogP contribution in [0.1, 0.15) is 11.4 Å². The van der Waals surface area contributed by atoms with E-state index in [1.54, 1.807) is 7.05 Å². The van der Waals surface area contributed by atoms with Gasteiger partial charge in [0.2, 0.25) is 0 Å². The lowest BCUT2D eigenvalue weighted by molar-refractivity contribution is -0.145. The highest BCUT2D eigenvalue weighted by molar-refractivity contribution is 6.54. The molecule has 2 rings (SSSR count). The first kappa shape index (κ1) is 15.2. The number of nitrogens with zero attached hydrogens (tertiary/aromatic N) is 1. The summed E-state index contributed by atoms with van der Waals surface area (Å²) in [4.78, 5) is 36.0. The van der Waals surface area contributed by atoms with Gasteiger partial charge in [-0.15, -0.1) is 0 Å². The van der Waals surface area contributed by atoms with Crippen molar-refractivity contribution in [2.24, 2.45) is 0 Å². The molecule has 0 N–H and O–H groups in total. The van der Waals surface area contributed by atoms with Gasteiger partial charge in [-0.3, -0.25) is 14.5 Å². The van der Waals surface area contributed by atoms with Crippen LogP contribution in [0, 0.1) is 5.82 Å². The fraction of sp³-hybridized carbons (Fsp3) is 0.308. The van der Waals surface area contributed by atoms with Crippen molar-refractivity contribution in [2.45, 2.75) is 5.82 Å².